The van der Waals surface area contributed by atoms with Crippen LogP contribution < -0.4 is 5.32 Å². The van der Waals surface area contributed by atoms with E-state index in [0.717, 1.165) is 24.9 Å². The predicted molar refractivity (Wildman–Crippen MR) is 79.5 cm³/mol. The third-order valence-electron chi connectivity index (χ3n) is 3.72. The number of benzene rings is 1. The average molecular weight is 290 g/mol. The molecule has 2 rings (SSSR count). The molecule has 5 nitrogen and oxygen atoms in total. The van der Waals surface area contributed by atoms with E-state index in [1.165, 1.54) is 7.11 Å². The Kier molecular flexibility index (Phi) is 5.75. The Bertz CT molecular complexity index is 470. The minimum atomic E-state index is -0.386. The first kappa shape index (κ1) is 15.5. The maximum Gasteiger partial charge on any atom is 0.325 e. The maximum absolute atomic E-state index is 12.6. The monoisotopic (exact) mass is 290 g/mol. The molecule has 0 saturated carbocycles. The number of amides is 1. The number of nitrogens with one attached hydrogen (secondary N) is 1. The molecule has 1 amide bonds. The Morgan fingerprint density at radius 1 is 1.33 bits per heavy atom. The highest BCUT2D eigenvalue weighted by Gasteiger charge is 2.27. The molecule has 1 saturated heterocycles. The largest absolute Gasteiger partial charge is 0.468 e. The summed E-state index contributed by atoms with van der Waals surface area (Å²) in [7, 11) is 1.34. The zero-order valence-electron chi connectivity index (χ0n) is 12.4. The summed E-state index contributed by atoms with van der Waals surface area (Å²) < 4.78 is 4.71. The van der Waals surface area contributed by atoms with E-state index in [-0.39, 0.29) is 24.3 Å². The van der Waals surface area contributed by atoms with Crippen LogP contribution in [0.5, 0.6) is 0 Å². The molecule has 5 heteroatoms. The number of hydrogen-bond donors (Lipinski definition) is 1. The van der Waals surface area contributed by atoms with Gasteiger partial charge in [-0.1, -0.05) is 30.3 Å². The summed E-state index contributed by atoms with van der Waals surface area (Å²) in [5.41, 5.74) is 1.01. The molecule has 0 radical (unpaired) electrons. The SMILES string of the molecule is COC(=O)CN(Cc1ccccc1)C(=O)[C@H]1CCCNC1. The summed E-state index contributed by atoms with van der Waals surface area (Å²) in [6.45, 7) is 2.08. The van der Waals surface area contributed by atoms with E-state index in [2.05, 4.69) is 5.32 Å². The normalized spacial score (nSPS) is 18.0. The predicted octanol–water partition coefficient (Wildman–Crippen LogP) is 1.19. The second-order valence-electron chi connectivity index (χ2n) is 5.30. The number of hydrogen-bond acceptors (Lipinski definition) is 4. The smallest absolute Gasteiger partial charge is 0.325 e. The van der Waals surface area contributed by atoms with E-state index in [1.54, 1.807) is 4.90 Å². The first-order valence-corrected chi connectivity index (χ1v) is 7.31. The Hall–Kier alpha value is -1.88. The van der Waals surface area contributed by atoms with E-state index in [0.29, 0.717) is 13.1 Å². The number of carbonyl (C=O) groups excluding carboxylic acids is 2. The summed E-state index contributed by atoms with van der Waals surface area (Å²) in [6, 6.07) is 9.70. The van der Waals surface area contributed by atoms with Gasteiger partial charge in [-0.3, -0.25) is 9.59 Å². The summed E-state index contributed by atoms with van der Waals surface area (Å²) in [4.78, 5) is 25.8. The van der Waals surface area contributed by atoms with Gasteiger partial charge in [-0.25, -0.2) is 0 Å². The first-order chi connectivity index (χ1) is 10.2. The zero-order chi connectivity index (χ0) is 15.1. The molecule has 1 heterocycles. The van der Waals surface area contributed by atoms with E-state index in [1.807, 2.05) is 30.3 Å². The topological polar surface area (TPSA) is 58.6 Å². The molecule has 1 aliphatic rings. The van der Waals surface area contributed by atoms with Crippen LogP contribution in [-0.2, 0) is 20.9 Å². The van der Waals surface area contributed by atoms with Crippen molar-refractivity contribution >= 4 is 11.9 Å². The lowest BCUT2D eigenvalue weighted by atomic mass is 9.98. The zero-order valence-corrected chi connectivity index (χ0v) is 12.4. The van der Waals surface area contributed by atoms with Gasteiger partial charge >= 0.3 is 5.97 Å². The third-order valence-corrected chi connectivity index (χ3v) is 3.72. The van der Waals surface area contributed by atoms with Gasteiger partial charge in [-0.15, -0.1) is 0 Å². The third kappa shape index (κ3) is 4.56. The van der Waals surface area contributed by atoms with Crippen molar-refractivity contribution in [1.82, 2.24) is 10.2 Å². The number of carbonyl (C=O) groups is 2. The standard InChI is InChI=1S/C16H22N2O3/c1-21-15(19)12-18(11-13-6-3-2-4-7-13)16(20)14-8-5-9-17-10-14/h2-4,6-7,14,17H,5,8-12H2,1H3/t14-/m0/s1. The fourth-order valence-corrected chi connectivity index (χ4v) is 2.56. The van der Waals surface area contributed by atoms with Crippen molar-refractivity contribution in [2.24, 2.45) is 5.92 Å². The number of ether oxygens (including phenoxy) is 1. The van der Waals surface area contributed by atoms with Crippen molar-refractivity contribution in [3.05, 3.63) is 35.9 Å². The van der Waals surface area contributed by atoms with Crippen LogP contribution in [0.1, 0.15) is 18.4 Å². The van der Waals surface area contributed by atoms with Gasteiger partial charge in [0.15, 0.2) is 0 Å². The van der Waals surface area contributed by atoms with Crippen LogP contribution in [0, 0.1) is 5.92 Å². The Balaban J connectivity index is 2.07. The summed E-state index contributed by atoms with van der Waals surface area (Å²) >= 11 is 0. The lowest BCUT2D eigenvalue weighted by molar-refractivity contribution is -0.149. The number of esters is 1. The molecule has 1 atom stereocenters. The number of methoxy groups -OCH3 is 1. The van der Waals surface area contributed by atoms with Crippen molar-refractivity contribution < 1.29 is 14.3 Å². The molecule has 1 aromatic rings. The second-order valence-corrected chi connectivity index (χ2v) is 5.30. The summed E-state index contributed by atoms with van der Waals surface area (Å²) in [5.74, 6) is -0.411. The molecule has 0 unspecified atom stereocenters. The van der Waals surface area contributed by atoms with Gasteiger partial charge in [0.05, 0.1) is 13.0 Å². The van der Waals surface area contributed by atoms with E-state index in [4.69, 9.17) is 4.74 Å². The molecule has 1 aromatic carbocycles. The lowest BCUT2D eigenvalue weighted by Crippen LogP contribution is -2.44. The van der Waals surface area contributed by atoms with Crippen LogP contribution in [0.2, 0.25) is 0 Å². The van der Waals surface area contributed by atoms with Crippen molar-refractivity contribution in [1.29, 1.82) is 0 Å². The molecule has 1 fully saturated rings. The van der Waals surface area contributed by atoms with Gasteiger partial charge in [0.25, 0.3) is 0 Å². The van der Waals surface area contributed by atoms with Gasteiger partial charge in [0.2, 0.25) is 5.91 Å². The van der Waals surface area contributed by atoms with Crippen molar-refractivity contribution in [3.8, 4) is 0 Å². The molecular formula is C16H22N2O3. The van der Waals surface area contributed by atoms with Crippen LogP contribution in [0.4, 0.5) is 0 Å². The number of piperidine rings is 1. The molecule has 0 bridgehead atoms. The summed E-state index contributed by atoms with van der Waals surface area (Å²) in [5, 5.41) is 3.24. The van der Waals surface area contributed by atoms with Crippen LogP contribution in [0.25, 0.3) is 0 Å². The van der Waals surface area contributed by atoms with Crippen LogP contribution in [0.15, 0.2) is 30.3 Å². The Labute approximate surface area is 125 Å². The van der Waals surface area contributed by atoms with E-state index >= 15 is 0 Å². The Morgan fingerprint density at radius 2 is 2.10 bits per heavy atom. The van der Waals surface area contributed by atoms with Crippen LogP contribution in [0.3, 0.4) is 0 Å². The summed E-state index contributed by atoms with van der Waals surface area (Å²) in [6.07, 6.45) is 1.87. The lowest BCUT2D eigenvalue weighted by Gasteiger charge is -2.29. The number of nitrogens with zero attached hydrogens (tertiary/aromatic N) is 1. The molecule has 1 N–H and O–H groups in total. The highest BCUT2D eigenvalue weighted by atomic mass is 16.5. The molecule has 1 aliphatic heterocycles. The highest BCUT2D eigenvalue weighted by Crippen LogP contribution is 2.15. The Morgan fingerprint density at radius 3 is 2.71 bits per heavy atom. The van der Waals surface area contributed by atoms with Gasteiger partial charge in [-0.2, -0.15) is 0 Å². The quantitative estimate of drug-likeness (QED) is 0.828. The van der Waals surface area contributed by atoms with Crippen molar-refractivity contribution in [2.75, 3.05) is 26.7 Å². The second kappa shape index (κ2) is 7.78. The van der Waals surface area contributed by atoms with Crippen LogP contribution in [-0.4, -0.2) is 43.5 Å². The van der Waals surface area contributed by atoms with E-state index in [9.17, 15) is 9.59 Å². The first-order valence-electron chi connectivity index (χ1n) is 7.31. The molecule has 0 spiro atoms. The fourth-order valence-electron chi connectivity index (χ4n) is 2.56. The van der Waals surface area contributed by atoms with Crippen LogP contribution >= 0.6 is 0 Å². The minimum Gasteiger partial charge on any atom is -0.468 e. The highest BCUT2D eigenvalue weighted by molar-refractivity contribution is 5.83. The van der Waals surface area contributed by atoms with Crippen molar-refractivity contribution in [2.45, 2.75) is 19.4 Å². The minimum absolute atomic E-state index is 0.000722. The fraction of sp³-hybridized carbons (Fsp3) is 0.500. The maximum atomic E-state index is 12.6. The van der Waals surface area contributed by atoms with Gasteiger partial charge in [0, 0.05) is 13.1 Å². The molecule has 0 aromatic heterocycles. The molecule has 0 aliphatic carbocycles. The van der Waals surface area contributed by atoms with Gasteiger partial charge < -0.3 is 15.0 Å². The molecule has 114 valence electrons. The molecular weight excluding hydrogens is 268 g/mol. The van der Waals surface area contributed by atoms with Gasteiger partial charge in [-0.05, 0) is 24.9 Å². The molecule has 21 heavy (non-hydrogen) atoms. The van der Waals surface area contributed by atoms with Gasteiger partial charge in [0.1, 0.15) is 6.54 Å². The van der Waals surface area contributed by atoms with E-state index < -0.39 is 0 Å². The van der Waals surface area contributed by atoms with Crippen molar-refractivity contribution in [3.63, 3.8) is 0 Å². The number of rotatable bonds is 5. The average Bonchev–Trinajstić information content (AvgIpc) is 2.55.